The molecule has 4 aromatic rings. The van der Waals surface area contributed by atoms with Gasteiger partial charge < -0.3 is 9.88 Å². The van der Waals surface area contributed by atoms with Gasteiger partial charge in [0.05, 0.1) is 5.75 Å². The van der Waals surface area contributed by atoms with Gasteiger partial charge in [0.25, 0.3) is 0 Å². The van der Waals surface area contributed by atoms with Crippen LogP contribution in [0.2, 0.25) is 5.02 Å². The van der Waals surface area contributed by atoms with E-state index in [1.807, 2.05) is 25.1 Å². The molecule has 3 aromatic carbocycles. The van der Waals surface area contributed by atoms with E-state index in [1.54, 1.807) is 17.8 Å². The third-order valence-electron chi connectivity index (χ3n) is 5.17. The van der Waals surface area contributed by atoms with Gasteiger partial charge in [-0.05, 0) is 48.7 Å². The van der Waals surface area contributed by atoms with E-state index in [9.17, 15) is 4.79 Å². The molecule has 1 heterocycles. The summed E-state index contributed by atoms with van der Waals surface area (Å²) < 4.78 is 2.26. The third kappa shape index (κ3) is 4.55. The summed E-state index contributed by atoms with van der Waals surface area (Å²) >= 11 is 7.71. The highest BCUT2D eigenvalue weighted by Crippen LogP contribution is 2.31. The van der Waals surface area contributed by atoms with Gasteiger partial charge in [-0.15, -0.1) is 11.8 Å². The van der Waals surface area contributed by atoms with Crippen molar-refractivity contribution in [1.82, 2.24) is 4.57 Å². The molecule has 0 aliphatic heterocycles. The fraction of sp³-hybridized carbons (Fsp3) is 0.160. The van der Waals surface area contributed by atoms with Crippen LogP contribution in [0.25, 0.3) is 10.9 Å². The van der Waals surface area contributed by atoms with Crippen LogP contribution in [0.5, 0.6) is 0 Å². The second kappa shape index (κ2) is 8.99. The van der Waals surface area contributed by atoms with Gasteiger partial charge in [-0.3, -0.25) is 4.79 Å². The van der Waals surface area contributed by atoms with E-state index in [0.29, 0.717) is 10.8 Å². The van der Waals surface area contributed by atoms with Crippen molar-refractivity contribution < 1.29 is 4.79 Å². The quantitative estimate of drug-likeness (QED) is 0.343. The van der Waals surface area contributed by atoms with E-state index in [-0.39, 0.29) is 5.91 Å². The monoisotopic (exact) mass is 434 g/mol. The van der Waals surface area contributed by atoms with E-state index in [0.717, 1.165) is 22.7 Å². The number of anilines is 1. The molecule has 0 saturated heterocycles. The number of carbonyl (C=O) groups is 1. The van der Waals surface area contributed by atoms with Crippen molar-refractivity contribution in [2.75, 3.05) is 11.1 Å². The molecule has 5 heteroatoms. The lowest BCUT2D eigenvalue weighted by Crippen LogP contribution is -2.13. The molecule has 0 fully saturated rings. The summed E-state index contributed by atoms with van der Waals surface area (Å²) in [5, 5.41) is 4.75. The van der Waals surface area contributed by atoms with Crippen molar-refractivity contribution in [3.63, 3.8) is 0 Å². The van der Waals surface area contributed by atoms with Gasteiger partial charge in [-0.1, -0.05) is 60.1 Å². The minimum absolute atomic E-state index is 0.0457. The van der Waals surface area contributed by atoms with Gasteiger partial charge in [-0.25, -0.2) is 0 Å². The molecule has 1 aromatic heterocycles. The summed E-state index contributed by atoms with van der Waals surface area (Å²) in [6.45, 7) is 4.89. The maximum Gasteiger partial charge on any atom is 0.234 e. The highest BCUT2D eigenvalue weighted by Gasteiger charge is 2.12. The van der Waals surface area contributed by atoms with Gasteiger partial charge in [-0.2, -0.15) is 0 Å². The summed E-state index contributed by atoms with van der Waals surface area (Å²) in [5.74, 6) is 0.291. The molecular formula is C25H23ClN2OS. The Balaban J connectivity index is 1.51. The summed E-state index contributed by atoms with van der Waals surface area (Å²) in [5.41, 5.74) is 5.46. The van der Waals surface area contributed by atoms with Crippen LogP contribution in [0.3, 0.4) is 0 Å². The van der Waals surface area contributed by atoms with Crippen LogP contribution >= 0.6 is 23.4 Å². The zero-order chi connectivity index (χ0) is 21.1. The number of thioether (sulfide) groups is 1. The predicted octanol–water partition coefficient (Wildman–Crippen LogP) is 6.69. The first kappa shape index (κ1) is 20.6. The second-order valence-electron chi connectivity index (χ2n) is 7.37. The first-order valence-corrected chi connectivity index (χ1v) is 11.2. The number of aryl methyl sites for hydroxylation is 2. The van der Waals surface area contributed by atoms with Gasteiger partial charge in [0.2, 0.25) is 5.91 Å². The SMILES string of the molecule is Cc1ccc(NC(=O)CSc2cn(Cc3ccccc3C)c3ccccc23)cc1Cl. The molecule has 4 rings (SSSR count). The average molecular weight is 435 g/mol. The number of nitrogens with one attached hydrogen (secondary N) is 1. The van der Waals surface area contributed by atoms with Crippen LogP contribution in [0.15, 0.2) is 77.8 Å². The molecule has 0 radical (unpaired) electrons. The number of hydrogen-bond acceptors (Lipinski definition) is 2. The number of benzene rings is 3. The smallest absolute Gasteiger partial charge is 0.234 e. The van der Waals surface area contributed by atoms with Crippen LogP contribution in [0.1, 0.15) is 16.7 Å². The molecule has 0 aliphatic carbocycles. The molecule has 0 bridgehead atoms. The number of amides is 1. The largest absolute Gasteiger partial charge is 0.342 e. The van der Waals surface area contributed by atoms with Crippen LogP contribution < -0.4 is 5.32 Å². The first-order chi connectivity index (χ1) is 14.5. The molecule has 3 nitrogen and oxygen atoms in total. The molecule has 1 amide bonds. The molecule has 0 atom stereocenters. The topological polar surface area (TPSA) is 34.0 Å². The molecule has 0 saturated carbocycles. The van der Waals surface area contributed by atoms with E-state index < -0.39 is 0 Å². The van der Waals surface area contributed by atoms with Crippen LogP contribution in [0.4, 0.5) is 5.69 Å². The third-order valence-corrected chi connectivity index (χ3v) is 6.62. The molecular weight excluding hydrogens is 412 g/mol. The predicted molar refractivity (Wildman–Crippen MR) is 128 cm³/mol. The summed E-state index contributed by atoms with van der Waals surface area (Å²) in [6.07, 6.45) is 2.15. The number of carbonyl (C=O) groups excluding carboxylic acids is 1. The molecule has 30 heavy (non-hydrogen) atoms. The number of rotatable bonds is 6. The Bertz CT molecular complexity index is 1210. The minimum atomic E-state index is -0.0457. The lowest BCUT2D eigenvalue weighted by Gasteiger charge is -2.08. The van der Waals surface area contributed by atoms with Crippen LogP contribution in [0, 0.1) is 13.8 Å². The van der Waals surface area contributed by atoms with Crippen molar-refractivity contribution >= 4 is 45.9 Å². The fourth-order valence-electron chi connectivity index (χ4n) is 3.44. The Labute approximate surface area is 186 Å². The lowest BCUT2D eigenvalue weighted by molar-refractivity contribution is -0.113. The van der Waals surface area contributed by atoms with E-state index >= 15 is 0 Å². The van der Waals surface area contributed by atoms with Gasteiger partial charge in [0, 0.05) is 39.3 Å². The number of hydrogen-bond donors (Lipinski definition) is 1. The Hall–Kier alpha value is -2.69. The lowest BCUT2D eigenvalue weighted by atomic mass is 10.1. The molecule has 1 N–H and O–H groups in total. The van der Waals surface area contributed by atoms with Crippen molar-refractivity contribution in [1.29, 1.82) is 0 Å². The number of para-hydroxylation sites is 1. The first-order valence-electron chi connectivity index (χ1n) is 9.82. The summed E-state index contributed by atoms with van der Waals surface area (Å²) in [4.78, 5) is 13.6. The van der Waals surface area contributed by atoms with Crippen molar-refractivity contribution in [3.8, 4) is 0 Å². The van der Waals surface area contributed by atoms with Crippen molar-refractivity contribution in [2.45, 2.75) is 25.3 Å². The zero-order valence-corrected chi connectivity index (χ0v) is 18.6. The van der Waals surface area contributed by atoms with Crippen LogP contribution in [-0.4, -0.2) is 16.2 Å². The van der Waals surface area contributed by atoms with Crippen molar-refractivity contribution in [3.05, 3.63) is 94.6 Å². The Morgan fingerprint density at radius 1 is 1.00 bits per heavy atom. The van der Waals surface area contributed by atoms with Gasteiger partial charge in [0.1, 0.15) is 0 Å². The molecule has 0 unspecified atom stereocenters. The summed E-state index contributed by atoms with van der Waals surface area (Å²) in [7, 11) is 0. The minimum Gasteiger partial charge on any atom is -0.342 e. The normalized spacial score (nSPS) is 11.0. The maximum atomic E-state index is 12.5. The Morgan fingerprint density at radius 3 is 2.57 bits per heavy atom. The number of fused-ring (bicyclic) bond motifs is 1. The molecule has 0 spiro atoms. The van der Waals surface area contributed by atoms with Crippen molar-refractivity contribution in [2.24, 2.45) is 0 Å². The second-order valence-corrected chi connectivity index (χ2v) is 8.79. The van der Waals surface area contributed by atoms with E-state index in [2.05, 4.69) is 65.5 Å². The Kier molecular flexibility index (Phi) is 6.16. The standard InChI is InChI=1S/C25H23ClN2OS/c1-17-7-3-4-8-19(17)14-28-15-24(21-9-5-6-10-23(21)28)30-16-25(29)27-20-12-11-18(2)22(26)13-20/h3-13,15H,14,16H2,1-2H3,(H,27,29). The average Bonchev–Trinajstić information content (AvgIpc) is 3.09. The summed E-state index contributed by atoms with van der Waals surface area (Å²) in [6, 6.07) is 22.3. The zero-order valence-electron chi connectivity index (χ0n) is 17.0. The maximum absolute atomic E-state index is 12.5. The molecule has 152 valence electrons. The highest BCUT2D eigenvalue weighted by atomic mass is 35.5. The number of halogens is 1. The number of aromatic nitrogens is 1. The van der Waals surface area contributed by atoms with Crippen LogP contribution in [-0.2, 0) is 11.3 Å². The van der Waals surface area contributed by atoms with Gasteiger partial charge >= 0.3 is 0 Å². The Morgan fingerprint density at radius 2 is 1.77 bits per heavy atom. The fourth-order valence-corrected chi connectivity index (χ4v) is 4.51. The van der Waals surface area contributed by atoms with E-state index in [4.69, 9.17) is 11.6 Å². The number of nitrogens with zero attached hydrogens (tertiary/aromatic N) is 1. The molecule has 0 aliphatic rings. The van der Waals surface area contributed by atoms with E-state index in [1.165, 1.54) is 22.0 Å². The van der Waals surface area contributed by atoms with Gasteiger partial charge in [0.15, 0.2) is 0 Å². The highest BCUT2D eigenvalue weighted by molar-refractivity contribution is 8.00.